The molecular formula is C32H36F2N6O4. The van der Waals surface area contributed by atoms with Crippen molar-refractivity contribution in [3.05, 3.63) is 82.8 Å². The van der Waals surface area contributed by atoms with E-state index < -0.39 is 47.9 Å². The van der Waals surface area contributed by atoms with E-state index in [2.05, 4.69) is 20.7 Å². The van der Waals surface area contributed by atoms with Crippen molar-refractivity contribution in [3.63, 3.8) is 0 Å². The Morgan fingerprint density at radius 2 is 1.73 bits per heavy atom. The van der Waals surface area contributed by atoms with Crippen LogP contribution in [0.1, 0.15) is 59.8 Å². The van der Waals surface area contributed by atoms with Gasteiger partial charge in [-0.15, -0.1) is 0 Å². The monoisotopic (exact) mass is 606 g/mol. The number of nitrogens with zero attached hydrogens (tertiary/aromatic N) is 4. The topological polar surface area (TPSA) is 129 Å². The Balaban J connectivity index is 1.66. The van der Waals surface area contributed by atoms with Crippen LogP contribution in [-0.2, 0) is 9.59 Å². The minimum atomic E-state index is -1.42. The first-order chi connectivity index (χ1) is 20.8. The molecule has 3 N–H and O–H groups in total. The zero-order valence-electron chi connectivity index (χ0n) is 25.5. The van der Waals surface area contributed by atoms with E-state index in [9.17, 15) is 23.9 Å². The van der Waals surface area contributed by atoms with Crippen molar-refractivity contribution in [2.75, 3.05) is 19.0 Å². The molecular weight excluding hydrogens is 570 g/mol. The maximum Gasteiger partial charge on any atom is 0.305 e. The van der Waals surface area contributed by atoms with Crippen LogP contribution in [0.15, 0.2) is 48.9 Å². The van der Waals surface area contributed by atoms with E-state index in [4.69, 9.17) is 0 Å². The van der Waals surface area contributed by atoms with Crippen LogP contribution < -0.4 is 15.5 Å². The second kappa shape index (κ2) is 13.2. The Bertz CT molecular complexity index is 1700. The van der Waals surface area contributed by atoms with Gasteiger partial charge < -0.3 is 20.6 Å². The van der Waals surface area contributed by atoms with Gasteiger partial charge in [0.1, 0.15) is 11.6 Å². The summed E-state index contributed by atoms with van der Waals surface area (Å²) in [4.78, 5) is 45.0. The summed E-state index contributed by atoms with van der Waals surface area (Å²) >= 11 is 0. The van der Waals surface area contributed by atoms with E-state index in [0.717, 1.165) is 22.9 Å². The number of carboxylic acids is 1. The van der Waals surface area contributed by atoms with Gasteiger partial charge in [0.15, 0.2) is 17.3 Å². The molecule has 2 heterocycles. The van der Waals surface area contributed by atoms with Crippen LogP contribution in [0.2, 0.25) is 0 Å². The molecule has 0 saturated heterocycles. The van der Waals surface area contributed by atoms with Crippen LogP contribution in [0, 0.1) is 31.4 Å². The van der Waals surface area contributed by atoms with E-state index >= 15 is 4.39 Å². The fourth-order valence-electron chi connectivity index (χ4n) is 5.16. The molecule has 232 valence electrons. The summed E-state index contributed by atoms with van der Waals surface area (Å²) in [6.07, 6.45) is 4.10. The molecule has 44 heavy (non-hydrogen) atoms. The fraction of sp³-hybridized carbons (Fsp3) is 0.344. The van der Waals surface area contributed by atoms with Gasteiger partial charge in [-0.2, -0.15) is 5.10 Å². The van der Waals surface area contributed by atoms with Crippen molar-refractivity contribution in [3.8, 4) is 11.1 Å². The maximum atomic E-state index is 15.3. The number of hydrogen-bond donors (Lipinski definition) is 3. The lowest BCUT2D eigenvalue weighted by atomic mass is 9.92. The lowest BCUT2D eigenvalue weighted by Crippen LogP contribution is -2.48. The molecule has 0 spiro atoms. The number of aryl methyl sites for hydroxylation is 2. The molecule has 2 atom stereocenters. The predicted molar refractivity (Wildman–Crippen MR) is 162 cm³/mol. The molecule has 0 unspecified atom stereocenters. The first-order valence-corrected chi connectivity index (χ1v) is 14.2. The molecule has 0 aliphatic heterocycles. The number of amides is 2. The highest BCUT2D eigenvalue weighted by Crippen LogP contribution is 2.33. The summed E-state index contributed by atoms with van der Waals surface area (Å²) in [5.74, 6) is -5.17. The number of carboxylic acid groups (broad SMARTS) is 1. The molecule has 0 saturated carbocycles. The zero-order valence-corrected chi connectivity index (χ0v) is 25.5. The highest BCUT2D eigenvalue weighted by molar-refractivity contribution is 6.02. The Kier molecular flexibility index (Phi) is 9.61. The quantitative estimate of drug-likeness (QED) is 0.223. The molecule has 0 aliphatic rings. The van der Waals surface area contributed by atoms with Gasteiger partial charge in [-0.05, 0) is 60.6 Å². The Morgan fingerprint density at radius 1 is 1.05 bits per heavy atom. The maximum absolute atomic E-state index is 15.3. The molecule has 4 aromatic rings. The fourth-order valence-corrected chi connectivity index (χ4v) is 5.16. The molecule has 0 bridgehead atoms. The summed E-state index contributed by atoms with van der Waals surface area (Å²) in [6, 6.07) is 5.39. The second-order valence-corrected chi connectivity index (χ2v) is 11.5. The molecule has 0 radical (unpaired) electrons. The normalized spacial score (nSPS) is 12.7. The van der Waals surface area contributed by atoms with Crippen LogP contribution in [0.5, 0.6) is 0 Å². The molecule has 2 aromatic carbocycles. The van der Waals surface area contributed by atoms with E-state index in [1.54, 1.807) is 12.4 Å². The zero-order chi connectivity index (χ0) is 32.3. The number of rotatable bonds is 11. The van der Waals surface area contributed by atoms with Crippen molar-refractivity contribution in [2.45, 2.75) is 52.6 Å². The Morgan fingerprint density at radius 3 is 2.34 bits per heavy atom. The molecule has 12 heteroatoms. The minimum Gasteiger partial charge on any atom is -0.481 e. The third-order valence-corrected chi connectivity index (χ3v) is 7.33. The summed E-state index contributed by atoms with van der Waals surface area (Å²) in [5, 5.41) is 19.1. The molecule has 0 fully saturated rings. The molecule has 4 rings (SSSR count). The number of halogens is 2. The lowest BCUT2D eigenvalue weighted by molar-refractivity contribution is -0.137. The van der Waals surface area contributed by atoms with E-state index in [1.807, 2.05) is 64.9 Å². The number of fused-ring (bicyclic) bond motifs is 1. The SMILES string of the molecule is Cc1cccc(C)c1-c1cc(F)c(F)c([C@H](CC(=O)O)NC(=O)[C@H](CC(C)C)NC(=O)c2cnn3cc(N(C)C)cnc23)c1. The van der Waals surface area contributed by atoms with Crippen LogP contribution in [0.25, 0.3) is 16.8 Å². The summed E-state index contributed by atoms with van der Waals surface area (Å²) in [7, 11) is 3.68. The third kappa shape index (κ3) is 7.01. The second-order valence-electron chi connectivity index (χ2n) is 11.5. The van der Waals surface area contributed by atoms with Gasteiger partial charge in [0.25, 0.3) is 5.91 Å². The first-order valence-electron chi connectivity index (χ1n) is 14.2. The van der Waals surface area contributed by atoms with Gasteiger partial charge in [-0.1, -0.05) is 32.0 Å². The van der Waals surface area contributed by atoms with Crippen LogP contribution >= 0.6 is 0 Å². The number of carbonyl (C=O) groups excluding carboxylic acids is 2. The summed E-state index contributed by atoms with van der Waals surface area (Å²) < 4.78 is 31.7. The van der Waals surface area contributed by atoms with Crippen molar-refractivity contribution < 1.29 is 28.3 Å². The van der Waals surface area contributed by atoms with Gasteiger partial charge in [0, 0.05) is 19.7 Å². The van der Waals surface area contributed by atoms with Crippen LogP contribution in [0.4, 0.5) is 14.5 Å². The van der Waals surface area contributed by atoms with Crippen molar-refractivity contribution >= 4 is 29.1 Å². The van der Waals surface area contributed by atoms with E-state index in [1.165, 1.54) is 16.8 Å². The Hall–Kier alpha value is -4.87. The number of aliphatic carboxylic acids is 1. The largest absolute Gasteiger partial charge is 0.481 e. The predicted octanol–water partition coefficient (Wildman–Crippen LogP) is 4.83. The lowest BCUT2D eigenvalue weighted by Gasteiger charge is -2.25. The van der Waals surface area contributed by atoms with Gasteiger partial charge in [0.2, 0.25) is 5.91 Å². The standard InChI is InChI=1S/C32H36F2N6O4/c1-17(2)10-26(38-31(43)23-15-36-40-16-21(39(5)6)14-35-30(23)40)32(44)37-25(13-27(41)42)22-11-20(12-24(33)29(22)34)28-18(3)8-7-9-19(28)4/h7-9,11-12,14-17,25-26H,10,13H2,1-6H3,(H,37,44)(H,38,43)(H,41,42)/t25-,26-/m0/s1. The average Bonchev–Trinajstić information content (AvgIpc) is 3.37. The third-order valence-electron chi connectivity index (χ3n) is 7.33. The van der Waals surface area contributed by atoms with Gasteiger partial charge >= 0.3 is 5.97 Å². The number of nitrogens with one attached hydrogen (secondary N) is 2. The average molecular weight is 607 g/mol. The van der Waals surface area contributed by atoms with Crippen LogP contribution in [-0.4, -0.2) is 57.6 Å². The highest BCUT2D eigenvalue weighted by atomic mass is 19.2. The van der Waals surface area contributed by atoms with Crippen molar-refractivity contribution in [1.29, 1.82) is 0 Å². The number of anilines is 1. The molecule has 2 aromatic heterocycles. The Labute approximate surface area is 254 Å². The van der Waals surface area contributed by atoms with Gasteiger partial charge in [-0.25, -0.2) is 18.3 Å². The number of hydrogen-bond acceptors (Lipinski definition) is 6. The number of benzene rings is 2. The highest BCUT2D eigenvalue weighted by Gasteiger charge is 2.30. The van der Waals surface area contributed by atoms with Crippen molar-refractivity contribution in [2.24, 2.45) is 5.92 Å². The van der Waals surface area contributed by atoms with Crippen LogP contribution in [0.3, 0.4) is 0 Å². The number of aromatic nitrogens is 3. The summed E-state index contributed by atoms with van der Waals surface area (Å²) in [6.45, 7) is 7.37. The smallest absolute Gasteiger partial charge is 0.305 e. The molecule has 2 amide bonds. The summed E-state index contributed by atoms with van der Waals surface area (Å²) in [5.41, 5.74) is 3.54. The first kappa shape index (κ1) is 32.1. The van der Waals surface area contributed by atoms with Crippen molar-refractivity contribution in [1.82, 2.24) is 25.2 Å². The van der Waals surface area contributed by atoms with E-state index in [0.29, 0.717) is 11.1 Å². The molecule has 10 nitrogen and oxygen atoms in total. The minimum absolute atomic E-state index is 0.0600. The molecule has 0 aliphatic carbocycles. The van der Waals surface area contributed by atoms with E-state index in [-0.39, 0.29) is 29.1 Å². The number of carbonyl (C=O) groups is 3. The van der Waals surface area contributed by atoms with Gasteiger partial charge in [0.05, 0.1) is 36.7 Å². The van der Waals surface area contributed by atoms with Gasteiger partial charge in [-0.3, -0.25) is 14.4 Å².